The van der Waals surface area contributed by atoms with E-state index in [1.807, 2.05) is 30.3 Å². The van der Waals surface area contributed by atoms with Gasteiger partial charge in [0.05, 0.1) is 11.0 Å². The number of alkyl halides is 3. The molecule has 1 N–H and O–H groups in total. The van der Waals surface area contributed by atoms with Gasteiger partial charge in [-0.25, -0.2) is 0 Å². The number of hydrogen-bond acceptors (Lipinski definition) is 1. The van der Waals surface area contributed by atoms with E-state index in [4.69, 9.17) is 0 Å². The van der Waals surface area contributed by atoms with E-state index in [1.54, 1.807) is 0 Å². The monoisotopic (exact) mass is 333 g/mol. The summed E-state index contributed by atoms with van der Waals surface area (Å²) >= 11 is 0. The zero-order valence-corrected chi connectivity index (χ0v) is 13.1. The normalized spacial score (nSPS) is 16.8. The summed E-state index contributed by atoms with van der Waals surface area (Å²) in [6, 6.07) is 14.2. The quantitative estimate of drug-likeness (QED) is 0.826. The Morgan fingerprint density at radius 3 is 2.04 bits per heavy atom. The third-order valence-corrected chi connectivity index (χ3v) is 4.69. The molecule has 0 saturated heterocycles. The molecule has 126 valence electrons. The standard InChI is InChI=1S/C19H18F3NO/c20-19(21,22)15-8-10-16(11-9-15)23-17(24)18(12-4-5-13-18)14-6-2-1-3-7-14/h1-3,6-11H,4-5,12-13H2,(H,23,24). The van der Waals surface area contributed by atoms with E-state index in [-0.39, 0.29) is 5.91 Å². The smallest absolute Gasteiger partial charge is 0.325 e. The molecule has 2 aromatic carbocycles. The Balaban J connectivity index is 1.82. The van der Waals surface area contributed by atoms with E-state index >= 15 is 0 Å². The summed E-state index contributed by atoms with van der Waals surface area (Å²) in [7, 11) is 0. The maximum absolute atomic E-state index is 12.9. The Labute approximate surface area is 138 Å². The predicted octanol–water partition coefficient (Wildman–Crippen LogP) is 5.16. The average Bonchev–Trinajstić information content (AvgIpc) is 3.06. The van der Waals surface area contributed by atoms with Crippen LogP contribution in [0.15, 0.2) is 54.6 Å². The fourth-order valence-electron chi connectivity index (χ4n) is 3.38. The molecular weight excluding hydrogens is 315 g/mol. The highest BCUT2D eigenvalue weighted by molar-refractivity contribution is 5.99. The molecule has 1 amide bonds. The first-order chi connectivity index (χ1) is 11.4. The lowest BCUT2D eigenvalue weighted by Crippen LogP contribution is -2.37. The van der Waals surface area contributed by atoms with E-state index in [1.165, 1.54) is 12.1 Å². The van der Waals surface area contributed by atoms with Crippen molar-refractivity contribution in [3.8, 4) is 0 Å². The van der Waals surface area contributed by atoms with Crippen LogP contribution in [-0.2, 0) is 16.4 Å². The van der Waals surface area contributed by atoms with Crippen molar-refractivity contribution in [2.24, 2.45) is 0 Å². The van der Waals surface area contributed by atoms with Gasteiger partial charge in [0.25, 0.3) is 0 Å². The Hall–Kier alpha value is -2.30. The van der Waals surface area contributed by atoms with Gasteiger partial charge in [-0.3, -0.25) is 4.79 Å². The largest absolute Gasteiger partial charge is 0.416 e. The number of anilines is 1. The van der Waals surface area contributed by atoms with E-state index in [0.29, 0.717) is 5.69 Å². The summed E-state index contributed by atoms with van der Waals surface area (Å²) in [6.07, 6.45) is -0.934. The average molecular weight is 333 g/mol. The molecule has 5 heteroatoms. The van der Waals surface area contributed by atoms with E-state index in [2.05, 4.69) is 5.32 Å². The highest BCUT2D eigenvalue weighted by Crippen LogP contribution is 2.42. The number of carbonyl (C=O) groups excluding carboxylic acids is 1. The van der Waals surface area contributed by atoms with Gasteiger partial charge in [0.15, 0.2) is 0 Å². The van der Waals surface area contributed by atoms with Crippen molar-refractivity contribution in [1.29, 1.82) is 0 Å². The first-order valence-electron chi connectivity index (χ1n) is 7.96. The molecule has 2 aromatic rings. The summed E-state index contributed by atoms with van der Waals surface area (Å²) in [6.45, 7) is 0. The lowest BCUT2D eigenvalue weighted by Gasteiger charge is -2.28. The topological polar surface area (TPSA) is 29.1 Å². The fourth-order valence-corrected chi connectivity index (χ4v) is 3.38. The van der Waals surface area contributed by atoms with Crippen molar-refractivity contribution in [2.75, 3.05) is 5.32 Å². The Morgan fingerprint density at radius 1 is 0.917 bits per heavy atom. The zero-order valence-electron chi connectivity index (χ0n) is 13.1. The summed E-state index contributed by atoms with van der Waals surface area (Å²) in [5.41, 5.74) is 0.0329. The Bertz CT molecular complexity index is 702. The van der Waals surface area contributed by atoms with E-state index in [9.17, 15) is 18.0 Å². The molecule has 0 heterocycles. The second-order valence-corrected chi connectivity index (χ2v) is 6.18. The minimum atomic E-state index is -4.38. The molecule has 1 aliphatic carbocycles. The summed E-state index contributed by atoms with van der Waals surface area (Å²) in [4.78, 5) is 12.9. The molecular formula is C19H18F3NO. The van der Waals surface area contributed by atoms with E-state index < -0.39 is 17.2 Å². The van der Waals surface area contributed by atoms with Gasteiger partial charge in [-0.1, -0.05) is 43.2 Å². The molecule has 0 aromatic heterocycles. The molecule has 0 bridgehead atoms. The van der Waals surface area contributed by atoms with Crippen LogP contribution in [0.25, 0.3) is 0 Å². The lowest BCUT2D eigenvalue weighted by molar-refractivity contribution is -0.137. The molecule has 1 aliphatic rings. The van der Waals surface area contributed by atoms with Gasteiger partial charge in [-0.15, -0.1) is 0 Å². The zero-order chi connectivity index (χ0) is 17.2. The molecule has 0 unspecified atom stereocenters. The van der Waals surface area contributed by atoms with Crippen LogP contribution in [0.3, 0.4) is 0 Å². The molecule has 2 nitrogen and oxygen atoms in total. The van der Waals surface area contributed by atoms with Crippen LogP contribution < -0.4 is 5.32 Å². The maximum atomic E-state index is 12.9. The van der Waals surface area contributed by atoms with E-state index in [0.717, 1.165) is 43.4 Å². The van der Waals surface area contributed by atoms with Crippen LogP contribution in [0.4, 0.5) is 18.9 Å². The number of hydrogen-bond donors (Lipinski definition) is 1. The van der Waals surface area contributed by atoms with Crippen molar-refractivity contribution < 1.29 is 18.0 Å². The van der Waals surface area contributed by atoms with Crippen LogP contribution in [0, 0.1) is 0 Å². The molecule has 0 aliphatic heterocycles. The van der Waals surface area contributed by atoms with Crippen LogP contribution in [0.2, 0.25) is 0 Å². The van der Waals surface area contributed by atoms with Crippen LogP contribution >= 0.6 is 0 Å². The number of rotatable bonds is 3. The highest BCUT2D eigenvalue weighted by atomic mass is 19.4. The second kappa shape index (κ2) is 6.30. The Morgan fingerprint density at radius 2 is 1.50 bits per heavy atom. The number of halogens is 3. The third-order valence-electron chi connectivity index (χ3n) is 4.69. The SMILES string of the molecule is O=C(Nc1ccc(C(F)(F)F)cc1)C1(c2ccccc2)CCCC1. The van der Waals surface area contributed by atoms with Crippen molar-refractivity contribution >= 4 is 11.6 Å². The summed E-state index contributed by atoms with van der Waals surface area (Å²) < 4.78 is 37.9. The van der Waals surface area contributed by atoms with Crippen molar-refractivity contribution in [3.63, 3.8) is 0 Å². The first-order valence-corrected chi connectivity index (χ1v) is 7.96. The van der Waals surface area contributed by atoms with Gasteiger partial charge >= 0.3 is 6.18 Å². The van der Waals surface area contributed by atoms with Gasteiger partial charge in [0, 0.05) is 5.69 Å². The highest BCUT2D eigenvalue weighted by Gasteiger charge is 2.42. The third kappa shape index (κ3) is 3.16. The first kappa shape index (κ1) is 16.6. The molecule has 1 fully saturated rings. The van der Waals surface area contributed by atoms with Crippen molar-refractivity contribution in [2.45, 2.75) is 37.3 Å². The van der Waals surface area contributed by atoms with Gasteiger partial charge in [-0.2, -0.15) is 13.2 Å². The van der Waals surface area contributed by atoms with Gasteiger partial charge in [0.2, 0.25) is 5.91 Å². The number of benzene rings is 2. The lowest BCUT2D eigenvalue weighted by atomic mass is 9.78. The number of nitrogens with one attached hydrogen (secondary N) is 1. The van der Waals surface area contributed by atoms with Gasteiger partial charge < -0.3 is 5.32 Å². The predicted molar refractivity (Wildman–Crippen MR) is 86.7 cm³/mol. The number of carbonyl (C=O) groups is 1. The molecule has 0 spiro atoms. The van der Waals surface area contributed by atoms with Crippen molar-refractivity contribution in [1.82, 2.24) is 0 Å². The minimum absolute atomic E-state index is 0.147. The maximum Gasteiger partial charge on any atom is 0.416 e. The fraction of sp³-hybridized carbons (Fsp3) is 0.316. The molecule has 3 rings (SSSR count). The summed E-state index contributed by atoms with van der Waals surface area (Å²) in [5.74, 6) is -0.147. The molecule has 24 heavy (non-hydrogen) atoms. The van der Waals surface area contributed by atoms with Gasteiger partial charge in [0.1, 0.15) is 0 Å². The Kier molecular flexibility index (Phi) is 4.35. The summed E-state index contributed by atoms with van der Waals surface area (Å²) in [5, 5.41) is 2.80. The van der Waals surface area contributed by atoms with Crippen LogP contribution in [-0.4, -0.2) is 5.91 Å². The number of amides is 1. The van der Waals surface area contributed by atoms with Crippen LogP contribution in [0.5, 0.6) is 0 Å². The van der Waals surface area contributed by atoms with Gasteiger partial charge in [-0.05, 0) is 42.7 Å². The molecule has 1 saturated carbocycles. The minimum Gasteiger partial charge on any atom is -0.325 e. The second-order valence-electron chi connectivity index (χ2n) is 6.18. The molecule has 0 radical (unpaired) electrons. The molecule has 0 atom stereocenters. The van der Waals surface area contributed by atoms with Crippen molar-refractivity contribution in [3.05, 3.63) is 65.7 Å². The van der Waals surface area contributed by atoms with Crippen LogP contribution in [0.1, 0.15) is 36.8 Å².